The fraction of sp³-hybridized carbons (Fsp3) is 0.235. The van der Waals surface area contributed by atoms with Gasteiger partial charge in [0.05, 0.1) is 11.7 Å². The number of urea groups is 1. The van der Waals surface area contributed by atoms with Crippen molar-refractivity contribution < 1.29 is 4.79 Å². The van der Waals surface area contributed by atoms with Gasteiger partial charge in [0.2, 0.25) is 5.56 Å². The highest BCUT2D eigenvalue weighted by Crippen LogP contribution is 2.16. The van der Waals surface area contributed by atoms with Crippen LogP contribution in [0.5, 0.6) is 0 Å². The first-order valence-electron chi connectivity index (χ1n) is 7.86. The van der Waals surface area contributed by atoms with Crippen molar-refractivity contribution in [3.8, 4) is 0 Å². The number of amides is 2. The molecule has 7 nitrogen and oxygen atoms in total. The van der Waals surface area contributed by atoms with E-state index in [4.69, 9.17) is 0 Å². The van der Waals surface area contributed by atoms with Crippen molar-refractivity contribution in [2.75, 3.05) is 11.9 Å². The largest absolute Gasteiger partial charge is 0.338 e. The molecular weight excluding hydrogens is 306 g/mol. The van der Waals surface area contributed by atoms with E-state index < -0.39 is 0 Å². The van der Waals surface area contributed by atoms with Gasteiger partial charge in [-0.15, -0.1) is 0 Å². The van der Waals surface area contributed by atoms with Crippen molar-refractivity contribution in [3.63, 3.8) is 0 Å². The summed E-state index contributed by atoms with van der Waals surface area (Å²) in [6.45, 7) is 1.21. The van der Waals surface area contributed by atoms with Crippen molar-refractivity contribution in [2.45, 2.75) is 19.4 Å². The Hall–Kier alpha value is -3.09. The fourth-order valence-corrected chi connectivity index (χ4v) is 2.45. The second-order valence-electron chi connectivity index (χ2n) is 5.49. The normalized spacial score (nSPS) is 10.7. The molecule has 3 rings (SSSR count). The third-order valence-corrected chi connectivity index (χ3v) is 3.71. The van der Waals surface area contributed by atoms with Crippen LogP contribution in [0.25, 0.3) is 10.9 Å². The first kappa shape index (κ1) is 15.8. The molecule has 0 bridgehead atoms. The molecule has 2 heterocycles. The van der Waals surface area contributed by atoms with Gasteiger partial charge < -0.3 is 15.2 Å². The van der Waals surface area contributed by atoms with E-state index >= 15 is 0 Å². The molecule has 0 radical (unpaired) electrons. The molecule has 7 heteroatoms. The predicted octanol–water partition coefficient (Wildman–Crippen LogP) is 2.33. The van der Waals surface area contributed by atoms with Gasteiger partial charge in [0.25, 0.3) is 0 Å². The van der Waals surface area contributed by atoms with Crippen LogP contribution >= 0.6 is 0 Å². The minimum Gasteiger partial charge on any atom is -0.338 e. The summed E-state index contributed by atoms with van der Waals surface area (Å²) in [6.07, 6.45) is 5.11. The zero-order chi connectivity index (χ0) is 16.8. The van der Waals surface area contributed by atoms with Gasteiger partial charge in [-0.25, -0.2) is 4.79 Å². The summed E-state index contributed by atoms with van der Waals surface area (Å²) in [6, 6.07) is 10.4. The molecule has 0 aliphatic heterocycles. The topological polar surface area (TPSA) is 91.8 Å². The van der Waals surface area contributed by atoms with Crippen LogP contribution in [0.3, 0.4) is 0 Å². The van der Waals surface area contributed by atoms with Crippen molar-refractivity contribution in [2.24, 2.45) is 0 Å². The summed E-state index contributed by atoms with van der Waals surface area (Å²) < 4.78 is 1.67. The summed E-state index contributed by atoms with van der Waals surface area (Å²) in [5.74, 6) is 0. The third-order valence-electron chi connectivity index (χ3n) is 3.71. The van der Waals surface area contributed by atoms with Crippen LogP contribution in [0.2, 0.25) is 0 Å². The average Bonchev–Trinajstić information content (AvgIpc) is 3.04. The standard InChI is InChI=1S/C17H19N5O2/c23-16-5-1-3-9-22(16)10-4-2-8-18-17(24)20-14-6-7-15-13(11-14)12-19-21-15/h1,3,5-7,9,11-12H,2,4,8,10H2,(H,19,21)(H2,18,20,24). The van der Waals surface area contributed by atoms with Gasteiger partial charge in [-0.05, 0) is 37.1 Å². The zero-order valence-electron chi connectivity index (χ0n) is 13.2. The van der Waals surface area contributed by atoms with Crippen molar-refractivity contribution in [1.82, 2.24) is 20.1 Å². The number of carbonyl (C=O) groups is 1. The lowest BCUT2D eigenvalue weighted by Gasteiger charge is -2.08. The lowest BCUT2D eigenvalue weighted by atomic mass is 10.2. The molecule has 0 atom stereocenters. The van der Waals surface area contributed by atoms with Crippen LogP contribution in [0.15, 0.2) is 53.6 Å². The summed E-state index contributed by atoms with van der Waals surface area (Å²) in [4.78, 5) is 23.4. The van der Waals surface area contributed by atoms with Crippen LogP contribution in [-0.4, -0.2) is 27.3 Å². The maximum atomic E-state index is 11.9. The van der Waals surface area contributed by atoms with E-state index in [1.54, 1.807) is 29.1 Å². The number of pyridine rings is 1. The molecule has 0 aliphatic carbocycles. The van der Waals surface area contributed by atoms with E-state index in [1.165, 1.54) is 0 Å². The Morgan fingerprint density at radius 3 is 3.00 bits per heavy atom. The molecule has 0 saturated carbocycles. The molecule has 1 aromatic carbocycles. The minimum atomic E-state index is -0.241. The Morgan fingerprint density at radius 2 is 2.12 bits per heavy atom. The number of aryl methyl sites for hydroxylation is 1. The highest BCUT2D eigenvalue weighted by atomic mass is 16.2. The molecule has 0 saturated heterocycles. The van der Waals surface area contributed by atoms with E-state index in [9.17, 15) is 9.59 Å². The molecule has 124 valence electrons. The number of aromatic amines is 1. The molecule has 3 N–H and O–H groups in total. The first-order chi connectivity index (χ1) is 11.7. The molecule has 24 heavy (non-hydrogen) atoms. The van der Waals surface area contributed by atoms with Crippen molar-refractivity contribution in [1.29, 1.82) is 0 Å². The second kappa shape index (κ2) is 7.45. The Bertz CT molecular complexity index is 884. The number of anilines is 1. The van der Waals surface area contributed by atoms with Gasteiger partial charge in [0.15, 0.2) is 0 Å². The fourth-order valence-electron chi connectivity index (χ4n) is 2.45. The van der Waals surface area contributed by atoms with Crippen LogP contribution in [0, 0.1) is 0 Å². The van der Waals surface area contributed by atoms with Gasteiger partial charge in [-0.1, -0.05) is 6.07 Å². The van der Waals surface area contributed by atoms with Crippen molar-refractivity contribution in [3.05, 3.63) is 59.1 Å². The Morgan fingerprint density at radius 1 is 1.21 bits per heavy atom. The number of nitrogens with zero attached hydrogens (tertiary/aromatic N) is 2. The summed E-state index contributed by atoms with van der Waals surface area (Å²) in [5, 5.41) is 13.4. The highest BCUT2D eigenvalue weighted by molar-refractivity contribution is 5.92. The predicted molar refractivity (Wildman–Crippen MR) is 93.1 cm³/mol. The van der Waals surface area contributed by atoms with Crippen LogP contribution in [-0.2, 0) is 6.54 Å². The highest BCUT2D eigenvalue weighted by Gasteiger charge is 2.03. The number of hydrogen-bond donors (Lipinski definition) is 3. The van der Waals surface area contributed by atoms with Crippen LogP contribution in [0.1, 0.15) is 12.8 Å². The summed E-state index contributed by atoms with van der Waals surface area (Å²) >= 11 is 0. The zero-order valence-corrected chi connectivity index (χ0v) is 13.2. The average molecular weight is 325 g/mol. The quantitative estimate of drug-likeness (QED) is 0.607. The van der Waals surface area contributed by atoms with Gasteiger partial charge in [0, 0.05) is 36.4 Å². The number of benzene rings is 1. The second-order valence-corrected chi connectivity index (χ2v) is 5.49. The maximum absolute atomic E-state index is 11.9. The monoisotopic (exact) mass is 325 g/mol. The van der Waals surface area contributed by atoms with Gasteiger partial charge in [-0.2, -0.15) is 5.10 Å². The Kier molecular flexibility index (Phi) is 4.90. The van der Waals surface area contributed by atoms with Gasteiger partial charge in [0.1, 0.15) is 0 Å². The maximum Gasteiger partial charge on any atom is 0.319 e. The van der Waals surface area contributed by atoms with E-state index in [0.29, 0.717) is 13.1 Å². The lowest BCUT2D eigenvalue weighted by Crippen LogP contribution is -2.29. The molecule has 0 aliphatic rings. The number of H-pyrrole nitrogens is 1. The van der Waals surface area contributed by atoms with Gasteiger partial charge in [-0.3, -0.25) is 9.89 Å². The molecule has 3 aromatic rings. The summed E-state index contributed by atoms with van der Waals surface area (Å²) in [7, 11) is 0. The molecule has 0 spiro atoms. The first-order valence-corrected chi connectivity index (χ1v) is 7.86. The summed E-state index contributed by atoms with van der Waals surface area (Å²) in [5.41, 5.74) is 1.65. The van der Waals surface area contributed by atoms with Crippen LogP contribution in [0.4, 0.5) is 10.5 Å². The number of rotatable bonds is 6. The van der Waals surface area contributed by atoms with E-state index in [-0.39, 0.29) is 11.6 Å². The number of hydrogen-bond acceptors (Lipinski definition) is 3. The smallest absolute Gasteiger partial charge is 0.319 e. The van der Waals surface area contributed by atoms with Crippen LogP contribution < -0.4 is 16.2 Å². The number of nitrogens with one attached hydrogen (secondary N) is 3. The van der Waals surface area contributed by atoms with E-state index in [2.05, 4.69) is 20.8 Å². The van der Waals surface area contributed by atoms with E-state index in [1.807, 2.05) is 24.3 Å². The molecular formula is C17H19N5O2. The molecule has 0 fully saturated rings. The van der Waals surface area contributed by atoms with Crippen molar-refractivity contribution >= 4 is 22.6 Å². The molecule has 2 amide bonds. The number of carbonyl (C=O) groups excluding carboxylic acids is 1. The SMILES string of the molecule is O=C(NCCCCn1ccccc1=O)Nc1ccc2[nH]ncc2c1. The third kappa shape index (κ3) is 4.01. The lowest BCUT2D eigenvalue weighted by molar-refractivity contribution is 0.252. The van der Waals surface area contributed by atoms with E-state index in [0.717, 1.165) is 29.4 Å². The Labute approximate surface area is 138 Å². The number of aromatic nitrogens is 3. The Balaban J connectivity index is 1.39. The molecule has 2 aromatic heterocycles. The number of fused-ring (bicyclic) bond motifs is 1. The number of unbranched alkanes of at least 4 members (excludes halogenated alkanes) is 1. The minimum absolute atomic E-state index is 0.00200. The van der Waals surface area contributed by atoms with Gasteiger partial charge >= 0.3 is 6.03 Å². The molecule has 0 unspecified atom stereocenters.